The molecule has 1 aromatic carbocycles. The van der Waals surface area contributed by atoms with Gasteiger partial charge in [0.1, 0.15) is 11.6 Å². The fourth-order valence-electron chi connectivity index (χ4n) is 3.25. The number of aryl methyl sites for hydroxylation is 1. The zero-order valence-corrected chi connectivity index (χ0v) is 15.0. The predicted octanol–water partition coefficient (Wildman–Crippen LogP) is 3.66. The fraction of sp³-hybridized carbons (Fsp3) is 0.263. The Hall–Kier alpha value is -2.60. The van der Waals surface area contributed by atoms with Gasteiger partial charge in [-0.25, -0.2) is 4.98 Å². The Kier molecular flexibility index (Phi) is 4.05. The standard InChI is InChI=1S/C19H19N3O2S/c1-13-7-10-25-18(13)19(23)22-12-17-20-8-9-21(17)11-16(22)14-3-5-15(24-2)6-4-14/h3-10,16H,11-12H2,1-2H3. The maximum Gasteiger partial charge on any atom is 0.265 e. The van der Waals surface area contributed by atoms with Crippen molar-refractivity contribution in [3.63, 3.8) is 0 Å². The molecule has 25 heavy (non-hydrogen) atoms. The van der Waals surface area contributed by atoms with E-state index in [0.717, 1.165) is 27.6 Å². The topological polar surface area (TPSA) is 47.4 Å². The molecule has 1 unspecified atom stereocenters. The predicted molar refractivity (Wildman–Crippen MR) is 96.9 cm³/mol. The van der Waals surface area contributed by atoms with Crippen LogP contribution in [0.25, 0.3) is 0 Å². The molecule has 0 saturated carbocycles. The number of rotatable bonds is 3. The zero-order valence-electron chi connectivity index (χ0n) is 14.2. The Bertz CT molecular complexity index is 898. The van der Waals surface area contributed by atoms with E-state index in [2.05, 4.69) is 9.55 Å². The van der Waals surface area contributed by atoms with Crippen LogP contribution in [0.2, 0.25) is 0 Å². The number of imidazole rings is 1. The fourth-order valence-corrected chi connectivity index (χ4v) is 4.13. The summed E-state index contributed by atoms with van der Waals surface area (Å²) in [5, 5.41) is 1.97. The summed E-state index contributed by atoms with van der Waals surface area (Å²) in [6.45, 7) is 3.20. The molecule has 3 aromatic rings. The Morgan fingerprint density at radius 3 is 2.76 bits per heavy atom. The van der Waals surface area contributed by atoms with Gasteiger partial charge in [0.05, 0.1) is 24.6 Å². The van der Waals surface area contributed by atoms with E-state index in [-0.39, 0.29) is 11.9 Å². The lowest BCUT2D eigenvalue weighted by atomic mass is 10.0. The maximum atomic E-state index is 13.2. The average molecular weight is 353 g/mol. The number of benzene rings is 1. The first-order valence-electron chi connectivity index (χ1n) is 8.16. The van der Waals surface area contributed by atoms with Crippen LogP contribution < -0.4 is 4.74 Å². The Morgan fingerprint density at radius 1 is 1.28 bits per heavy atom. The Morgan fingerprint density at radius 2 is 2.08 bits per heavy atom. The molecule has 5 nitrogen and oxygen atoms in total. The van der Waals surface area contributed by atoms with E-state index in [1.54, 1.807) is 13.3 Å². The van der Waals surface area contributed by atoms with Gasteiger partial charge in [-0.05, 0) is 41.6 Å². The molecule has 0 radical (unpaired) electrons. The van der Waals surface area contributed by atoms with E-state index in [9.17, 15) is 4.79 Å². The molecule has 6 heteroatoms. The minimum absolute atomic E-state index is 0.0263. The summed E-state index contributed by atoms with van der Waals surface area (Å²) in [5.41, 5.74) is 2.13. The van der Waals surface area contributed by atoms with Gasteiger partial charge in [0.15, 0.2) is 0 Å². The largest absolute Gasteiger partial charge is 0.497 e. The summed E-state index contributed by atoms with van der Waals surface area (Å²) in [4.78, 5) is 20.3. The number of thiophene rings is 1. The smallest absolute Gasteiger partial charge is 0.265 e. The van der Waals surface area contributed by atoms with Crippen molar-refractivity contribution in [1.29, 1.82) is 0 Å². The lowest BCUT2D eigenvalue weighted by Gasteiger charge is -2.36. The van der Waals surface area contributed by atoms with Gasteiger partial charge in [-0.3, -0.25) is 4.79 Å². The molecule has 4 rings (SSSR count). The third-order valence-electron chi connectivity index (χ3n) is 4.68. The summed E-state index contributed by atoms with van der Waals surface area (Å²) in [5.74, 6) is 1.81. The van der Waals surface area contributed by atoms with Crippen molar-refractivity contribution in [2.45, 2.75) is 26.1 Å². The van der Waals surface area contributed by atoms with Gasteiger partial charge < -0.3 is 14.2 Å². The van der Waals surface area contributed by atoms with Crippen molar-refractivity contribution >= 4 is 17.2 Å². The molecule has 0 N–H and O–H groups in total. The van der Waals surface area contributed by atoms with Gasteiger partial charge >= 0.3 is 0 Å². The van der Waals surface area contributed by atoms with Gasteiger partial charge in [-0.15, -0.1) is 11.3 Å². The highest BCUT2D eigenvalue weighted by Crippen LogP contribution is 2.32. The van der Waals surface area contributed by atoms with Crippen LogP contribution >= 0.6 is 11.3 Å². The molecule has 3 heterocycles. The van der Waals surface area contributed by atoms with Gasteiger partial charge in [0, 0.05) is 18.9 Å². The molecule has 0 spiro atoms. The minimum Gasteiger partial charge on any atom is -0.497 e. The molecule has 0 bridgehead atoms. The van der Waals surface area contributed by atoms with E-state index in [4.69, 9.17) is 4.74 Å². The van der Waals surface area contributed by atoms with Gasteiger partial charge in [-0.2, -0.15) is 0 Å². The number of carbonyl (C=O) groups is 1. The van der Waals surface area contributed by atoms with Crippen LogP contribution in [0.3, 0.4) is 0 Å². The SMILES string of the molecule is COc1ccc(C2Cn3ccnc3CN2C(=O)c2sccc2C)cc1. The van der Waals surface area contributed by atoms with E-state index in [0.29, 0.717) is 13.1 Å². The summed E-state index contributed by atoms with van der Waals surface area (Å²) in [7, 11) is 1.66. The second-order valence-electron chi connectivity index (χ2n) is 6.15. The minimum atomic E-state index is -0.0263. The molecule has 0 saturated heterocycles. The van der Waals surface area contributed by atoms with Crippen LogP contribution in [-0.4, -0.2) is 27.5 Å². The van der Waals surface area contributed by atoms with E-state index in [1.165, 1.54) is 11.3 Å². The highest BCUT2D eigenvalue weighted by Gasteiger charge is 2.33. The van der Waals surface area contributed by atoms with Gasteiger partial charge in [0.2, 0.25) is 0 Å². The van der Waals surface area contributed by atoms with Crippen LogP contribution in [0.1, 0.15) is 32.7 Å². The summed E-state index contributed by atoms with van der Waals surface area (Å²) >= 11 is 1.50. The lowest BCUT2D eigenvalue weighted by Crippen LogP contribution is -2.41. The first-order chi connectivity index (χ1) is 12.2. The van der Waals surface area contributed by atoms with Crippen molar-refractivity contribution in [3.05, 3.63) is 69.9 Å². The van der Waals surface area contributed by atoms with Crippen molar-refractivity contribution in [2.24, 2.45) is 0 Å². The summed E-state index contributed by atoms with van der Waals surface area (Å²) in [6.07, 6.45) is 3.77. The van der Waals surface area contributed by atoms with E-state index in [1.807, 2.05) is 53.7 Å². The molecule has 2 aromatic heterocycles. The number of hydrogen-bond acceptors (Lipinski definition) is 4. The van der Waals surface area contributed by atoms with Crippen LogP contribution in [0, 0.1) is 6.92 Å². The molecule has 128 valence electrons. The molecule has 1 atom stereocenters. The van der Waals surface area contributed by atoms with Crippen LogP contribution in [-0.2, 0) is 13.1 Å². The highest BCUT2D eigenvalue weighted by molar-refractivity contribution is 7.12. The van der Waals surface area contributed by atoms with Crippen molar-refractivity contribution in [1.82, 2.24) is 14.5 Å². The first-order valence-corrected chi connectivity index (χ1v) is 9.04. The summed E-state index contributed by atoms with van der Waals surface area (Å²) < 4.78 is 7.38. The Balaban J connectivity index is 1.73. The maximum absolute atomic E-state index is 13.2. The summed E-state index contributed by atoms with van der Waals surface area (Å²) in [6, 6.07) is 9.92. The van der Waals surface area contributed by atoms with Crippen molar-refractivity contribution in [3.8, 4) is 5.75 Å². The van der Waals surface area contributed by atoms with Crippen LogP contribution in [0.5, 0.6) is 5.75 Å². The quantitative estimate of drug-likeness (QED) is 0.722. The average Bonchev–Trinajstić information content (AvgIpc) is 3.28. The molecule has 0 aliphatic carbocycles. The number of fused-ring (bicyclic) bond motifs is 1. The van der Waals surface area contributed by atoms with Crippen molar-refractivity contribution < 1.29 is 9.53 Å². The second-order valence-corrected chi connectivity index (χ2v) is 7.07. The molecule has 0 fully saturated rings. The number of hydrogen-bond donors (Lipinski definition) is 0. The van der Waals surface area contributed by atoms with Crippen molar-refractivity contribution in [2.75, 3.05) is 7.11 Å². The lowest BCUT2D eigenvalue weighted by molar-refractivity contribution is 0.0589. The Labute approximate surface area is 150 Å². The molecule has 1 aliphatic heterocycles. The monoisotopic (exact) mass is 353 g/mol. The van der Waals surface area contributed by atoms with Crippen LogP contribution in [0.4, 0.5) is 0 Å². The molecular formula is C19H19N3O2S. The number of nitrogens with zero attached hydrogens (tertiary/aromatic N) is 3. The number of carbonyl (C=O) groups excluding carboxylic acids is 1. The van der Waals surface area contributed by atoms with Gasteiger partial charge in [0.25, 0.3) is 5.91 Å². The molecule has 1 amide bonds. The number of amides is 1. The molecule has 1 aliphatic rings. The third-order valence-corrected chi connectivity index (χ3v) is 5.68. The normalized spacial score (nSPS) is 16.6. The van der Waals surface area contributed by atoms with E-state index < -0.39 is 0 Å². The third kappa shape index (κ3) is 2.82. The van der Waals surface area contributed by atoms with E-state index >= 15 is 0 Å². The van der Waals surface area contributed by atoms with Crippen LogP contribution in [0.15, 0.2) is 48.1 Å². The number of ether oxygens (including phenoxy) is 1. The zero-order chi connectivity index (χ0) is 17.4. The van der Waals surface area contributed by atoms with Gasteiger partial charge in [-0.1, -0.05) is 12.1 Å². The first kappa shape index (κ1) is 15.9. The second kappa shape index (κ2) is 6.37. The number of methoxy groups -OCH3 is 1. The highest BCUT2D eigenvalue weighted by atomic mass is 32.1. The number of aromatic nitrogens is 2. The molecular weight excluding hydrogens is 334 g/mol.